The minimum absolute atomic E-state index is 0.265. The Kier molecular flexibility index (Phi) is 37.1. The molecule has 29 heteroatoms. The Labute approximate surface area is 504 Å². The van der Waals surface area contributed by atoms with Crippen molar-refractivity contribution in [3.8, 4) is 0 Å². The normalized spacial score (nSPS) is 28.2. The highest BCUT2D eigenvalue weighted by Gasteiger charge is 2.45. The van der Waals surface area contributed by atoms with E-state index in [9.17, 15) is 79.5 Å². The minimum Gasteiger partial charge on any atom is -0.394 e. The van der Waals surface area contributed by atoms with Crippen LogP contribution in [0.1, 0.15) is 137 Å². The summed E-state index contributed by atoms with van der Waals surface area (Å²) in [5.41, 5.74) is 0. The van der Waals surface area contributed by atoms with Crippen LogP contribution < -0.4 is 37.2 Å². The average Bonchev–Trinajstić information content (AvgIpc) is 2.22. The molecule has 0 saturated carbocycles. The lowest BCUT2D eigenvalue weighted by Gasteiger charge is -2.40. The van der Waals surface area contributed by atoms with Crippen LogP contribution in [0.5, 0.6) is 0 Å². The lowest BCUT2D eigenvalue weighted by atomic mass is 9.92. The van der Waals surface area contributed by atoms with Gasteiger partial charge in [-0.2, -0.15) is 0 Å². The third-order valence-corrected chi connectivity index (χ3v) is 15.4. The first-order valence-electron chi connectivity index (χ1n) is 30.7. The van der Waals surface area contributed by atoms with Gasteiger partial charge in [-0.25, -0.2) is 0 Å². The fourth-order valence-electron chi connectivity index (χ4n) is 9.92. The van der Waals surface area contributed by atoms with Gasteiger partial charge in [-0.15, -0.1) is 0 Å². The van der Waals surface area contributed by atoms with Gasteiger partial charge in [0.1, 0.15) is 36.6 Å². The molecule has 16 N–H and O–H groups in total. The number of aliphatic hydroxyl groups is 9. The molecule has 3 aliphatic rings. The van der Waals surface area contributed by atoms with Crippen molar-refractivity contribution >= 4 is 41.2 Å². The fourth-order valence-corrected chi connectivity index (χ4v) is 9.92. The zero-order chi connectivity index (χ0) is 63.7. The highest BCUT2D eigenvalue weighted by molar-refractivity contribution is 5.97. The molecule has 0 aromatic rings. The highest BCUT2D eigenvalue weighted by Crippen LogP contribution is 2.29. The highest BCUT2D eigenvalue weighted by atomic mass is 16.7. The van der Waals surface area contributed by atoms with Crippen LogP contribution in [0.25, 0.3) is 0 Å². The van der Waals surface area contributed by atoms with Gasteiger partial charge in [-0.3, -0.25) is 33.6 Å². The first kappa shape index (κ1) is 76.1. The number of carbonyl (C=O) groups excluding carboxylic acids is 7. The Morgan fingerprint density at radius 2 is 0.779 bits per heavy atom. The second-order valence-corrected chi connectivity index (χ2v) is 23.0. The first-order chi connectivity index (χ1) is 41.0. The summed E-state index contributed by atoms with van der Waals surface area (Å²) in [7, 11) is 0. The van der Waals surface area contributed by atoms with Gasteiger partial charge >= 0.3 is 0 Å². The van der Waals surface area contributed by atoms with Crippen LogP contribution in [0.3, 0.4) is 0 Å². The Bertz CT molecular complexity index is 1990. The van der Waals surface area contributed by atoms with E-state index in [1.807, 2.05) is 0 Å². The third-order valence-electron chi connectivity index (χ3n) is 15.4. The molecule has 3 rings (SSSR count). The van der Waals surface area contributed by atoms with E-state index in [-0.39, 0.29) is 18.9 Å². The maximum absolute atomic E-state index is 13.7. The van der Waals surface area contributed by atoms with E-state index in [1.54, 1.807) is 34.6 Å². The molecule has 3 fully saturated rings. The van der Waals surface area contributed by atoms with Crippen LogP contribution in [-0.4, -0.2) is 251 Å². The summed E-state index contributed by atoms with van der Waals surface area (Å²) in [6, 6.07) is -2.93. The Morgan fingerprint density at radius 3 is 1.16 bits per heavy atom. The molecular formula is C57H103N7O22. The number of unbranched alkanes of at least 4 members (excludes halogenated alkanes) is 9. The van der Waals surface area contributed by atoms with Crippen molar-refractivity contribution in [2.24, 2.45) is 17.8 Å². The summed E-state index contributed by atoms with van der Waals surface area (Å²) in [5.74, 6) is -5.81. The molecule has 0 radical (unpaired) electrons. The summed E-state index contributed by atoms with van der Waals surface area (Å²) >= 11 is 0. The predicted octanol–water partition coefficient (Wildman–Crippen LogP) is -3.50. The van der Waals surface area contributed by atoms with Gasteiger partial charge in [-0.1, -0.05) is 73.1 Å². The van der Waals surface area contributed by atoms with Gasteiger partial charge in [0.05, 0.1) is 76.1 Å². The van der Waals surface area contributed by atoms with E-state index >= 15 is 0 Å². The number of amides is 6. The molecule has 29 nitrogen and oxygen atoms in total. The van der Waals surface area contributed by atoms with Gasteiger partial charge in [-0.05, 0) is 38.5 Å². The molecule has 498 valence electrons. The number of ketones is 1. The van der Waals surface area contributed by atoms with E-state index in [4.69, 9.17) is 28.4 Å². The van der Waals surface area contributed by atoms with Crippen LogP contribution in [0.4, 0.5) is 0 Å². The second kappa shape index (κ2) is 42.0. The number of Topliss-reactive ketones (excluding diaryl/α,β-unsaturated/α-hetero) is 1. The molecule has 3 aliphatic heterocycles. The zero-order valence-electron chi connectivity index (χ0n) is 50.8. The van der Waals surface area contributed by atoms with E-state index in [0.717, 1.165) is 38.5 Å². The van der Waals surface area contributed by atoms with Crippen LogP contribution >= 0.6 is 0 Å². The molecule has 6 amide bonds. The molecule has 17 atom stereocenters. The van der Waals surface area contributed by atoms with Gasteiger partial charge in [0, 0.05) is 76.1 Å². The standard InChI is InChI=1S/C57H103N7O22/c1-33(2)63-38(54(80)62-29-47(73)60-22-14-8-11-17-25-83-57-36(5)50(76)53(79)42(32-67)86-57)27-45(71)64-37(39(68)18-19-43(69)58-20-12-6-9-15-23-81-55-34(3)48(74)51(77)40(30-65)84-55)26-44(70)61-28-46(72)59-21-13-7-10-16-24-82-56-35(4)49(75)52(78)41(31-66)85-56/h33-38,40-42,48-53,55-57,63,65-67,74-79H,6-32H2,1-5H3,(H,58,69)(H,59,72)(H,60,73)(H,61,70)(H,62,80)(H,64,71)/t34?,35?,36?,37?,38?,40?,41?,42?,48-,49-,50-,51+,52+,53+,55-,56-,57-/m1/s1. The molecule has 0 spiro atoms. The maximum Gasteiger partial charge on any atom is 0.239 e. The monoisotopic (exact) mass is 1240 g/mol. The molecule has 0 aliphatic carbocycles. The van der Waals surface area contributed by atoms with Gasteiger partial charge in [0.25, 0.3) is 0 Å². The lowest BCUT2D eigenvalue weighted by Crippen LogP contribution is -2.55. The number of aliphatic hydroxyl groups excluding tert-OH is 9. The van der Waals surface area contributed by atoms with Crippen LogP contribution in [0.2, 0.25) is 0 Å². The van der Waals surface area contributed by atoms with Gasteiger partial charge in [0.15, 0.2) is 24.7 Å². The summed E-state index contributed by atoms with van der Waals surface area (Å²) in [6.07, 6.45) is -5.74. The topological polar surface area (TPSA) is 441 Å². The number of nitrogens with one attached hydrogen (secondary N) is 7. The van der Waals surface area contributed by atoms with Crippen molar-refractivity contribution in [1.29, 1.82) is 0 Å². The number of hydrogen-bond donors (Lipinski definition) is 16. The number of rotatable bonds is 43. The summed E-state index contributed by atoms with van der Waals surface area (Å²) in [6.45, 7) is 8.14. The van der Waals surface area contributed by atoms with Crippen molar-refractivity contribution in [3.63, 3.8) is 0 Å². The molecule has 86 heavy (non-hydrogen) atoms. The van der Waals surface area contributed by atoms with Crippen molar-refractivity contribution in [1.82, 2.24) is 37.2 Å². The molecular weight excluding hydrogens is 1130 g/mol. The third kappa shape index (κ3) is 27.7. The quantitative estimate of drug-likeness (QED) is 0.0264. The second-order valence-electron chi connectivity index (χ2n) is 23.0. The van der Waals surface area contributed by atoms with Crippen molar-refractivity contribution in [2.75, 3.05) is 72.4 Å². The summed E-state index contributed by atoms with van der Waals surface area (Å²) < 4.78 is 34.0. The summed E-state index contributed by atoms with van der Waals surface area (Å²) in [5, 5.41) is 108. The van der Waals surface area contributed by atoms with Gasteiger partial charge < -0.3 is 112 Å². The van der Waals surface area contributed by atoms with Crippen LogP contribution in [0, 0.1) is 17.8 Å². The fraction of sp³-hybridized carbons (Fsp3) is 0.877. The molecule has 8 unspecified atom stereocenters. The van der Waals surface area contributed by atoms with E-state index in [0.29, 0.717) is 78.0 Å². The average molecular weight is 1240 g/mol. The number of hydrogen-bond acceptors (Lipinski definition) is 23. The zero-order valence-corrected chi connectivity index (χ0v) is 50.8. The molecule has 0 aromatic carbocycles. The smallest absolute Gasteiger partial charge is 0.239 e. The lowest BCUT2D eigenvalue weighted by molar-refractivity contribution is -0.282. The molecule has 3 heterocycles. The largest absolute Gasteiger partial charge is 0.394 e. The Hall–Kier alpha value is -4.15. The summed E-state index contributed by atoms with van der Waals surface area (Å²) in [4.78, 5) is 92.1. The van der Waals surface area contributed by atoms with Crippen LogP contribution in [0.15, 0.2) is 0 Å². The molecule has 3 saturated heterocycles. The van der Waals surface area contributed by atoms with E-state index in [1.165, 1.54) is 0 Å². The van der Waals surface area contributed by atoms with Gasteiger partial charge in [0.2, 0.25) is 35.4 Å². The minimum atomic E-state index is -1.45. The maximum atomic E-state index is 13.7. The van der Waals surface area contributed by atoms with E-state index < -0.39 is 191 Å². The SMILES string of the molecule is CC(C)NC(CC(=O)NC(CC(=O)NCC(=O)NCCCCCCO[C@@H]1OC(CO)[C@H](O)[C@H](O)C1C)C(=O)CCC(=O)NCCCCCCO[C@@H]1OC(CO)[C@H](O)[C@H](O)C1C)C(=O)NCC(=O)NCCCCCCO[C@@H]1OC(CO)[C@H](O)[C@H](O)C1C. The predicted molar refractivity (Wildman–Crippen MR) is 307 cm³/mol. The number of carbonyl (C=O) groups is 7. The number of ether oxygens (including phenoxy) is 6. The Balaban J connectivity index is 1.44. The van der Waals surface area contributed by atoms with Crippen molar-refractivity contribution < 1.29 is 108 Å². The first-order valence-corrected chi connectivity index (χ1v) is 30.7. The Morgan fingerprint density at radius 1 is 0.419 bits per heavy atom. The van der Waals surface area contributed by atoms with Crippen molar-refractivity contribution in [3.05, 3.63) is 0 Å². The van der Waals surface area contributed by atoms with E-state index in [2.05, 4.69) is 37.2 Å². The van der Waals surface area contributed by atoms with Crippen molar-refractivity contribution in [2.45, 2.75) is 229 Å². The molecule has 0 aromatic heterocycles. The van der Waals surface area contributed by atoms with Crippen LogP contribution in [-0.2, 0) is 62.0 Å². The molecule has 0 bridgehead atoms.